The fourth-order valence-corrected chi connectivity index (χ4v) is 3.99. The first-order valence-corrected chi connectivity index (χ1v) is 12.6. The normalized spacial score (nSPS) is 11.1. The van der Waals surface area contributed by atoms with E-state index in [0.717, 1.165) is 11.0 Å². The Labute approximate surface area is 243 Å². The zero-order chi connectivity index (χ0) is 31.4. The summed E-state index contributed by atoms with van der Waals surface area (Å²) in [6, 6.07) is 5.72. The second-order valence-electron chi connectivity index (χ2n) is 9.86. The van der Waals surface area contributed by atoms with Crippen LogP contribution in [0.25, 0.3) is 0 Å². The Hall–Kier alpha value is -4.59. The number of carbonyl (C=O) groups excluding carboxylic acids is 1. The van der Waals surface area contributed by atoms with Gasteiger partial charge < -0.3 is 24.8 Å². The Kier molecular flexibility index (Phi) is 9.83. The number of pyridine rings is 1. The van der Waals surface area contributed by atoms with Gasteiger partial charge in [-0.1, -0.05) is 11.6 Å². The standard InChI is InChI=1S/C27H26ClF3N4O7/c1-27(2,3)42-26(38)34(10-9-20-22(35(39)40)7-8-23(33-20)41-4)13-15-19(6-5-16(29)24(15)28)32-21-12-18(31)17(30)11-14(21)25(36)37/h5-8,11-12,32H,9-10,13H2,1-4H3,(H,36,37). The van der Waals surface area contributed by atoms with E-state index in [-0.39, 0.29) is 47.2 Å². The highest BCUT2D eigenvalue weighted by Gasteiger charge is 2.27. The minimum absolute atomic E-state index is 0.00974. The number of methoxy groups -OCH3 is 1. The van der Waals surface area contributed by atoms with E-state index in [1.807, 2.05) is 0 Å². The van der Waals surface area contributed by atoms with Gasteiger partial charge in [-0.05, 0) is 39.0 Å². The number of nitro groups is 1. The van der Waals surface area contributed by atoms with E-state index in [9.17, 15) is 38.0 Å². The van der Waals surface area contributed by atoms with Crippen LogP contribution in [0.1, 0.15) is 42.4 Å². The minimum atomic E-state index is -1.58. The third-order valence-electron chi connectivity index (χ3n) is 5.71. The predicted molar refractivity (Wildman–Crippen MR) is 146 cm³/mol. The van der Waals surface area contributed by atoms with E-state index in [2.05, 4.69) is 10.3 Å². The van der Waals surface area contributed by atoms with E-state index in [1.54, 1.807) is 20.8 Å². The molecule has 0 saturated heterocycles. The Morgan fingerprint density at radius 1 is 1.10 bits per heavy atom. The summed E-state index contributed by atoms with van der Waals surface area (Å²) in [5, 5.41) is 23.2. The SMILES string of the molecule is COc1ccc([N+](=O)[O-])c(CCN(Cc2c(Nc3cc(F)c(F)cc3C(=O)O)ccc(F)c2Cl)C(=O)OC(C)(C)C)n1. The molecule has 1 aromatic heterocycles. The molecule has 0 radical (unpaired) electrons. The van der Waals surface area contributed by atoms with Gasteiger partial charge in [-0.2, -0.15) is 0 Å². The molecule has 0 aliphatic heterocycles. The lowest BCUT2D eigenvalue weighted by atomic mass is 10.1. The van der Waals surface area contributed by atoms with Crippen LogP contribution in [0.2, 0.25) is 5.02 Å². The highest BCUT2D eigenvalue weighted by atomic mass is 35.5. The summed E-state index contributed by atoms with van der Waals surface area (Å²) in [5.41, 5.74) is -2.41. The van der Waals surface area contributed by atoms with Crippen LogP contribution in [-0.4, -0.2) is 51.2 Å². The molecule has 3 aromatic rings. The van der Waals surface area contributed by atoms with Crippen LogP contribution in [0, 0.1) is 27.6 Å². The third-order valence-corrected chi connectivity index (χ3v) is 6.11. The fourth-order valence-electron chi connectivity index (χ4n) is 3.77. The number of benzene rings is 2. The molecule has 0 spiro atoms. The summed E-state index contributed by atoms with van der Waals surface area (Å²) >= 11 is 6.27. The van der Waals surface area contributed by atoms with Crippen molar-refractivity contribution in [2.45, 2.75) is 39.3 Å². The van der Waals surface area contributed by atoms with Gasteiger partial charge in [0.05, 0.1) is 34.9 Å². The molecule has 0 saturated carbocycles. The lowest BCUT2D eigenvalue weighted by Crippen LogP contribution is -2.38. The van der Waals surface area contributed by atoms with Crippen LogP contribution in [-0.2, 0) is 17.7 Å². The Bertz CT molecular complexity index is 1530. The van der Waals surface area contributed by atoms with Crippen molar-refractivity contribution in [1.82, 2.24) is 9.88 Å². The van der Waals surface area contributed by atoms with Crippen LogP contribution < -0.4 is 10.1 Å². The number of nitrogens with zero attached hydrogens (tertiary/aromatic N) is 3. The highest BCUT2D eigenvalue weighted by molar-refractivity contribution is 6.32. The number of aromatic carboxylic acids is 1. The van der Waals surface area contributed by atoms with Gasteiger partial charge in [0.1, 0.15) is 17.1 Å². The number of rotatable bonds is 10. The number of halogens is 4. The van der Waals surface area contributed by atoms with Crippen molar-refractivity contribution in [2.75, 3.05) is 19.0 Å². The van der Waals surface area contributed by atoms with Crippen LogP contribution in [0.15, 0.2) is 36.4 Å². The second kappa shape index (κ2) is 12.9. The number of aromatic nitrogens is 1. The quantitative estimate of drug-likeness (QED) is 0.194. The zero-order valence-corrected chi connectivity index (χ0v) is 23.6. The topological polar surface area (TPSA) is 144 Å². The molecule has 1 amide bonds. The summed E-state index contributed by atoms with van der Waals surface area (Å²) in [4.78, 5) is 41.0. The minimum Gasteiger partial charge on any atom is -0.481 e. The molecule has 11 nitrogen and oxygen atoms in total. The van der Waals surface area contributed by atoms with E-state index in [0.29, 0.717) is 12.1 Å². The number of carboxylic acids is 1. The number of nitrogens with one attached hydrogen (secondary N) is 1. The van der Waals surface area contributed by atoms with Crippen molar-refractivity contribution < 1.29 is 42.3 Å². The summed E-state index contributed by atoms with van der Waals surface area (Å²) in [6.45, 7) is 4.15. The van der Waals surface area contributed by atoms with E-state index >= 15 is 0 Å². The average Bonchev–Trinajstić information content (AvgIpc) is 2.90. The summed E-state index contributed by atoms with van der Waals surface area (Å²) in [7, 11) is 1.33. The first-order valence-electron chi connectivity index (χ1n) is 12.2. The molecule has 2 N–H and O–H groups in total. The summed E-state index contributed by atoms with van der Waals surface area (Å²) in [6.07, 6.45) is -1.05. The number of carboxylic acid groups (broad SMARTS) is 1. The van der Waals surface area contributed by atoms with Gasteiger partial charge in [-0.15, -0.1) is 0 Å². The van der Waals surface area contributed by atoms with Crippen LogP contribution in [0.3, 0.4) is 0 Å². The lowest BCUT2D eigenvalue weighted by molar-refractivity contribution is -0.386. The van der Waals surface area contributed by atoms with E-state index in [1.165, 1.54) is 25.3 Å². The van der Waals surface area contributed by atoms with Gasteiger partial charge in [-0.3, -0.25) is 10.1 Å². The molecule has 0 aliphatic carbocycles. The summed E-state index contributed by atoms with van der Waals surface area (Å²) < 4.78 is 52.9. The van der Waals surface area contributed by atoms with Gasteiger partial charge in [-0.25, -0.2) is 27.7 Å². The molecule has 0 fully saturated rings. The van der Waals surface area contributed by atoms with E-state index < -0.39 is 57.2 Å². The number of hydrogen-bond donors (Lipinski definition) is 2. The molecule has 2 aromatic carbocycles. The van der Waals surface area contributed by atoms with Gasteiger partial charge in [0, 0.05) is 42.4 Å². The van der Waals surface area contributed by atoms with Crippen LogP contribution in [0.5, 0.6) is 5.88 Å². The number of anilines is 2. The van der Waals surface area contributed by atoms with Gasteiger partial charge in [0.25, 0.3) is 5.69 Å². The molecule has 3 rings (SSSR count). The first-order chi connectivity index (χ1) is 19.6. The lowest BCUT2D eigenvalue weighted by Gasteiger charge is -2.28. The highest BCUT2D eigenvalue weighted by Crippen LogP contribution is 2.33. The van der Waals surface area contributed by atoms with Gasteiger partial charge in [0.2, 0.25) is 5.88 Å². The van der Waals surface area contributed by atoms with Crippen molar-refractivity contribution in [3.05, 3.63) is 85.8 Å². The molecule has 0 unspecified atom stereocenters. The number of amides is 1. The molecule has 15 heteroatoms. The van der Waals surface area contributed by atoms with Crippen LogP contribution in [0.4, 0.5) is 35.0 Å². The van der Waals surface area contributed by atoms with Crippen molar-refractivity contribution in [3.63, 3.8) is 0 Å². The maximum atomic E-state index is 14.6. The van der Waals surface area contributed by atoms with Crippen molar-refractivity contribution in [3.8, 4) is 5.88 Å². The molecule has 1 heterocycles. The molecule has 0 aliphatic rings. The second-order valence-corrected chi connectivity index (χ2v) is 10.2. The average molecular weight is 611 g/mol. The van der Waals surface area contributed by atoms with Crippen molar-refractivity contribution >= 4 is 40.7 Å². The summed E-state index contributed by atoms with van der Waals surface area (Å²) in [5.74, 6) is -5.12. The Morgan fingerprint density at radius 2 is 1.76 bits per heavy atom. The first kappa shape index (κ1) is 31.9. The number of ether oxygens (including phenoxy) is 2. The molecular formula is C27H26ClF3N4O7. The molecule has 0 bridgehead atoms. The monoisotopic (exact) mass is 610 g/mol. The van der Waals surface area contributed by atoms with Gasteiger partial charge >= 0.3 is 12.1 Å². The molecule has 224 valence electrons. The van der Waals surface area contributed by atoms with Crippen molar-refractivity contribution in [2.24, 2.45) is 0 Å². The molecular weight excluding hydrogens is 585 g/mol. The third kappa shape index (κ3) is 7.78. The van der Waals surface area contributed by atoms with E-state index in [4.69, 9.17) is 21.1 Å². The molecule has 42 heavy (non-hydrogen) atoms. The number of carbonyl (C=O) groups is 2. The fraction of sp³-hybridized carbons (Fsp3) is 0.296. The Morgan fingerprint density at radius 3 is 2.36 bits per heavy atom. The predicted octanol–water partition coefficient (Wildman–Crippen LogP) is 6.49. The van der Waals surface area contributed by atoms with Crippen LogP contribution >= 0.6 is 11.6 Å². The van der Waals surface area contributed by atoms with Gasteiger partial charge in [0.15, 0.2) is 11.6 Å². The maximum absolute atomic E-state index is 14.6. The maximum Gasteiger partial charge on any atom is 0.410 e. The van der Waals surface area contributed by atoms with Crippen molar-refractivity contribution in [1.29, 1.82) is 0 Å². The Balaban J connectivity index is 2.05. The smallest absolute Gasteiger partial charge is 0.410 e. The number of hydrogen-bond acceptors (Lipinski definition) is 8. The largest absolute Gasteiger partial charge is 0.481 e. The zero-order valence-electron chi connectivity index (χ0n) is 22.8. The molecule has 0 atom stereocenters.